The minimum absolute atomic E-state index is 0.129. The molecule has 0 aromatic heterocycles. The van der Waals surface area contributed by atoms with Crippen molar-refractivity contribution in [2.75, 3.05) is 13.2 Å². The van der Waals surface area contributed by atoms with Gasteiger partial charge in [0.05, 0.1) is 18.3 Å². The van der Waals surface area contributed by atoms with E-state index in [2.05, 4.69) is 5.32 Å². The maximum Gasteiger partial charge on any atom is 0.417 e. The fourth-order valence-corrected chi connectivity index (χ4v) is 2.35. The van der Waals surface area contributed by atoms with Crippen LogP contribution in [0.1, 0.15) is 22.3 Å². The molecule has 2 aromatic carbocycles. The third-order valence-electron chi connectivity index (χ3n) is 3.72. The number of alkyl halides is 3. The van der Waals surface area contributed by atoms with Gasteiger partial charge in [-0.1, -0.05) is 12.1 Å². The maximum atomic E-state index is 13.4. The molecule has 0 radical (unpaired) electrons. The smallest absolute Gasteiger partial charge is 0.394 e. The van der Waals surface area contributed by atoms with Crippen molar-refractivity contribution in [3.8, 4) is 11.1 Å². The molecule has 0 fully saturated rings. The molecule has 0 aliphatic rings. The third kappa shape index (κ3) is 5.03. The first-order valence-electron chi connectivity index (χ1n) is 7.76. The fraction of sp³-hybridized carbons (Fsp3) is 0.278. The zero-order chi connectivity index (χ0) is 19.3. The van der Waals surface area contributed by atoms with E-state index in [4.69, 9.17) is 5.11 Å². The Morgan fingerprint density at radius 2 is 1.77 bits per heavy atom. The third-order valence-corrected chi connectivity index (χ3v) is 3.72. The Morgan fingerprint density at radius 1 is 1.12 bits per heavy atom. The highest BCUT2D eigenvalue weighted by Crippen LogP contribution is 2.37. The largest absolute Gasteiger partial charge is 0.417 e. The van der Waals surface area contributed by atoms with E-state index < -0.39 is 36.2 Å². The molecular formula is C18H17F4NO3. The second-order valence-corrected chi connectivity index (χ2v) is 5.65. The van der Waals surface area contributed by atoms with E-state index in [0.717, 1.165) is 12.1 Å². The summed E-state index contributed by atoms with van der Waals surface area (Å²) in [6.45, 7) is -0.288. The van der Waals surface area contributed by atoms with Crippen LogP contribution in [0.25, 0.3) is 11.1 Å². The molecular weight excluding hydrogens is 354 g/mol. The summed E-state index contributed by atoms with van der Waals surface area (Å²) in [6, 6.07) is 7.50. The molecule has 0 spiro atoms. The Kier molecular flexibility index (Phi) is 6.33. The summed E-state index contributed by atoms with van der Waals surface area (Å²) in [5.41, 5.74) is -0.939. The number of aliphatic hydroxyl groups excluding tert-OH is 2. The highest BCUT2D eigenvalue weighted by molar-refractivity contribution is 5.94. The lowest BCUT2D eigenvalue weighted by Crippen LogP contribution is -2.28. The van der Waals surface area contributed by atoms with Crippen LogP contribution in [-0.4, -0.2) is 35.4 Å². The van der Waals surface area contributed by atoms with Crippen molar-refractivity contribution in [1.82, 2.24) is 5.32 Å². The lowest BCUT2D eigenvalue weighted by molar-refractivity contribution is -0.137. The summed E-state index contributed by atoms with van der Waals surface area (Å²) < 4.78 is 52.6. The van der Waals surface area contributed by atoms with Crippen molar-refractivity contribution < 1.29 is 32.6 Å². The number of carbonyl (C=O) groups is 1. The van der Waals surface area contributed by atoms with Gasteiger partial charge in [0, 0.05) is 12.1 Å². The van der Waals surface area contributed by atoms with Crippen molar-refractivity contribution in [3.05, 3.63) is 59.4 Å². The Balaban J connectivity index is 2.17. The molecule has 2 rings (SSSR count). The van der Waals surface area contributed by atoms with E-state index in [9.17, 15) is 27.5 Å². The number of nitrogens with one attached hydrogen (secondary N) is 1. The summed E-state index contributed by atoms with van der Waals surface area (Å²) in [4.78, 5) is 11.9. The molecule has 0 aliphatic heterocycles. The van der Waals surface area contributed by atoms with Crippen LogP contribution in [0.15, 0.2) is 42.5 Å². The van der Waals surface area contributed by atoms with Gasteiger partial charge in [0.2, 0.25) is 0 Å². The fourth-order valence-electron chi connectivity index (χ4n) is 2.35. The lowest BCUT2D eigenvalue weighted by atomic mass is 9.98. The van der Waals surface area contributed by atoms with Gasteiger partial charge in [0.25, 0.3) is 5.91 Å². The molecule has 0 aliphatic carbocycles. The highest BCUT2D eigenvalue weighted by atomic mass is 19.4. The second kappa shape index (κ2) is 8.29. The average molecular weight is 371 g/mol. The quantitative estimate of drug-likeness (QED) is 0.684. The van der Waals surface area contributed by atoms with Gasteiger partial charge in [-0.25, -0.2) is 4.39 Å². The van der Waals surface area contributed by atoms with Gasteiger partial charge in [-0.15, -0.1) is 0 Å². The molecule has 26 heavy (non-hydrogen) atoms. The van der Waals surface area contributed by atoms with Gasteiger partial charge in [0.1, 0.15) is 5.82 Å². The maximum absolute atomic E-state index is 13.4. The van der Waals surface area contributed by atoms with Crippen molar-refractivity contribution in [2.24, 2.45) is 0 Å². The first-order valence-corrected chi connectivity index (χ1v) is 7.76. The normalized spacial score (nSPS) is 12.7. The minimum Gasteiger partial charge on any atom is -0.394 e. The molecule has 4 nitrogen and oxygen atoms in total. The van der Waals surface area contributed by atoms with Crippen LogP contribution in [0.4, 0.5) is 17.6 Å². The number of rotatable bonds is 6. The van der Waals surface area contributed by atoms with Gasteiger partial charge in [-0.2, -0.15) is 13.2 Å². The number of benzene rings is 2. The first-order chi connectivity index (χ1) is 12.2. The van der Waals surface area contributed by atoms with E-state index >= 15 is 0 Å². The number of hydrogen-bond acceptors (Lipinski definition) is 3. The molecule has 0 heterocycles. The zero-order valence-electron chi connectivity index (χ0n) is 13.6. The van der Waals surface area contributed by atoms with Crippen molar-refractivity contribution >= 4 is 5.91 Å². The van der Waals surface area contributed by atoms with Crippen LogP contribution in [0.3, 0.4) is 0 Å². The second-order valence-electron chi connectivity index (χ2n) is 5.65. The van der Waals surface area contributed by atoms with Crippen LogP contribution >= 0.6 is 0 Å². The van der Waals surface area contributed by atoms with E-state index in [0.29, 0.717) is 6.07 Å². The summed E-state index contributed by atoms with van der Waals surface area (Å²) >= 11 is 0. The Morgan fingerprint density at radius 3 is 2.35 bits per heavy atom. The Labute approximate surface area is 147 Å². The van der Waals surface area contributed by atoms with Gasteiger partial charge in [-0.05, 0) is 47.9 Å². The zero-order valence-corrected chi connectivity index (χ0v) is 13.6. The molecule has 1 atom stereocenters. The van der Waals surface area contributed by atoms with Crippen LogP contribution in [0.2, 0.25) is 0 Å². The van der Waals surface area contributed by atoms with E-state index in [1.165, 1.54) is 24.3 Å². The number of aliphatic hydroxyl groups is 2. The summed E-state index contributed by atoms with van der Waals surface area (Å²) in [6.07, 6.45) is -5.41. The predicted molar refractivity (Wildman–Crippen MR) is 86.9 cm³/mol. The summed E-state index contributed by atoms with van der Waals surface area (Å²) in [7, 11) is 0. The van der Waals surface area contributed by atoms with Crippen LogP contribution in [0.5, 0.6) is 0 Å². The molecule has 8 heteroatoms. The van der Waals surface area contributed by atoms with Crippen LogP contribution < -0.4 is 5.32 Å². The van der Waals surface area contributed by atoms with Gasteiger partial charge in [0.15, 0.2) is 0 Å². The number of hydrogen-bond donors (Lipinski definition) is 3. The van der Waals surface area contributed by atoms with Gasteiger partial charge in [-0.3, -0.25) is 4.79 Å². The molecule has 1 amide bonds. The molecule has 140 valence electrons. The van der Waals surface area contributed by atoms with Gasteiger partial charge < -0.3 is 15.5 Å². The van der Waals surface area contributed by atoms with Crippen molar-refractivity contribution in [3.63, 3.8) is 0 Å². The molecule has 0 saturated heterocycles. The predicted octanol–water partition coefficient (Wildman–Crippen LogP) is 2.98. The summed E-state index contributed by atoms with van der Waals surface area (Å²) in [5, 5.41) is 20.4. The molecule has 0 unspecified atom stereocenters. The van der Waals surface area contributed by atoms with Crippen molar-refractivity contribution in [2.45, 2.75) is 18.7 Å². The van der Waals surface area contributed by atoms with Crippen LogP contribution in [0, 0.1) is 5.82 Å². The molecule has 0 bridgehead atoms. The first kappa shape index (κ1) is 19.9. The monoisotopic (exact) mass is 371 g/mol. The van der Waals surface area contributed by atoms with Crippen molar-refractivity contribution in [1.29, 1.82) is 0 Å². The van der Waals surface area contributed by atoms with E-state index in [1.54, 1.807) is 0 Å². The Hall–Kier alpha value is -2.45. The average Bonchev–Trinajstić information content (AvgIpc) is 2.60. The minimum atomic E-state index is -4.63. The summed E-state index contributed by atoms with van der Waals surface area (Å²) in [5.74, 6) is -1.27. The topological polar surface area (TPSA) is 69.6 Å². The van der Waals surface area contributed by atoms with E-state index in [1.807, 2.05) is 0 Å². The highest BCUT2D eigenvalue weighted by Gasteiger charge is 2.33. The van der Waals surface area contributed by atoms with Crippen LogP contribution in [-0.2, 0) is 6.18 Å². The number of halogens is 4. The molecule has 2 aromatic rings. The number of carbonyl (C=O) groups excluding carboxylic acids is 1. The molecule has 0 saturated carbocycles. The SMILES string of the molecule is O=C(NCC[C@H](O)CO)c1ccc(-c2cc(F)ccc2C(F)(F)F)cc1. The standard InChI is InChI=1S/C18H17F4NO3/c19-13-5-6-16(18(20,21)22)15(9-13)11-1-3-12(4-2-11)17(26)23-8-7-14(25)10-24/h1-6,9,14,24-25H,7-8,10H2,(H,23,26)/t14-/m0/s1. The Bertz CT molecular complexity index is 760. The number of amides is 1. The lowest BCUT2D eigenvalue weighted by Gasteiger charge is -2.13. The van der Waals surface area contributed by atoms with Gasteiger partial charge >= 0.3 is 6.18 Å². The van der Waals surface area contributed by atoms with E-state index in [-0.39, 0.29) is 29.7 Å². The molecule has 3 N–H and O–H groups in total.